The van der Waals surface area contributed by atoms with Crippen LogP contribution in [0.15, 0.2) is 39.8 Å². The Morgan fingerprint density at radius 1 is 1.27 bits per heavy atom. The Hall–Kier alpha value is -1.64. The minimum atomic E-state index is -0.342. The van der Waals surface area contributed by atoms with Gasteiger partial charge in [-0.15, -0.1) is 0 Å². The van der Waals surface area contributed by atoms with E-state index in [0.29, 0.717) is 5.58 Å². The zero-order chi connectivity index (χ0) is 7.68. The van der Waals surface area contributed by atoms with Crippen molar-refractivity contribution < 1.29 is 4.42 Å². The molecule has 0 unspecified atom stereocenters. The van der Waals surface area contributed by atoms with Gasteiger partial charge < -0.3 is 4.42 Å². The van der Waals surface area contributed by atoms with E-state index in [1.165, 1.54) is 12.3 Å². The lowest BCUT2D eigenvalue weighted by Crippen LogP contribution is -1.93. The molecule has 0 saturated heterocycles. The second-order valence-electron chi connectivity index (χ2n) is 2.17. The third kappa shape index (κ3) is 1.00. The first-order valence-electron chi connectivity index (χ1n) is 3.20. The molecule has 0 fully saturated rings. The third-order valence-electron chi connectivity index (χ3n) is 1.43. The highest BCUT2D eigenvalue weighted by Gasteiger charge is 1.92. The van der Waals surface area contributed by atoms with E-state index < -0.39 is 0 Å². The van der Waals surface area contributed by atoms with E-state index >= 15 is 0 Å². The van der Waals surface area contributed by atoms with Gasteiger partial charge in [-0.25, -0.2) is 4.79 Å². The van der Waals surface area contributed by atoms with Crippen molar-refractivity contribution in [2.75, 3.05) is 0 Å². The van der Waals surface area contributed by atoms with Crippen LogP contribution in [0, 0.1) is 0 Å². The van der Waals surface area contributed by atoms with E-state index in [4.69, 9.17) is 4.42 Å². The highest BCUT2D eigenvalue weighted by molar-refractivity contribution is 5.74. The molecule has 0 spiro atoms. The molecule has 3 nitrogen and oxygen atoms in total. The summed E-state index contributed by atoms with van der Waals surface area (Å²) in [7, 11) is 0. The second kappa shape index (κ2) is 2.20. The van der Waals surface area contributed by atoms with Gasteiger partial charge in [-0.05, 0) is 12.1 Å². The maximum atomic E-state index is 10.7. The summed E-state index contributed by atoms with van der Waals surface area (Å²) in [5.41, 5.74) is 0.186. The lowest BCUT2D eigenvalue weighted by Gasteiger charge is -1.90. The Bertz CT molecular complexity index is 433. The quantitative estimate of drug-likeness (QED) is 0.562. The summed E-state index contributed by atoms with van der Waals surface area (Å²) in [5, 5.41) is 0.889. The molecule has 0 bridgehead atoms. The average molecular weight is 147 g/mol. The van der Waals surface area contributed by atoms with Crippen molar-refractivity contribution in [3.05, 3.63) is 41.0 Å². The van der Waals surface area contributed by atoms with Gasteiger partial charge in [-0.2, -0.15) is 0 Å². The molecule has 0 saturated carbocycles. The van der Waals surface area contributed by atoms with Crippen LogP contribution in [0.2, 0.25) is 0 Å². The van der Waals surface area contributed by atoms with Crippen molar-refractivity contribution in [1.82, 2.24) is 4.98 Å². The number of hydrogen-bond acceptors (Lipinski definition) is 3. The second-order valence-corrected chi connectivity index (χ2v) is 2.17. The van der Waals surface area contributed by atoms with Crippen LogP contribution in [0.5, 0.6) is 0 Å². The summed E-state index contributed by atoms with van der Waals surface area (Å²) in [6, 6.07) is 4.89. The van der Waals surface area contributed by atoms with E-state index in [0.717, 1.165) is 5.39 Å². The molecule has 2 aromatic rings. The van der Waals surface area contributed by atoms with Crippen LogP contribution >= 0.6 is 0 Å². The topological polar surface area (TPSA) is 43.1 Å². The van der Waals surface area contributed by atoms with Crippen molar-refractivity contribution in [2.24, 2.45) is 0 Å². The predicted octanol–water partition coefficient (Wildman–Crippen LogP) is 1.19. The number of rotatable bonds is 0. The van der Waals surface area contributed by atoms with E-state index in [2.05, 4.69) is 4.98 Å². The molecule has 0 aliphatic rings. The molecule has 0 amide bonds. The van der Waals surface area contributed by atoms with Crippen molar-refractivity contribution in [2.45, 2.75) is 0 Å². The van der Waals surface area contributed by atoms with Crippen molar-refractivity contribution in [1.29, 1.82) is 0 Å². The van der Waals surface area contributed by atoms with Crippen LogP contribution in [0.25, 0.3) is 11.0 Å². The molecule has 2 aromatic heterocycles. The van der Waals surface area contributed by atoms with E-state index in [1.807, 2.05) is 0 Å². The van der Waals surface area contributed by atoms with Crippen LogP contribution in [-0.4, -0.2) is 4.98 Å². The standard InChI is InChI=1S/C8H5NO2/c10-8-2-1-6-3-4-9-5-7(6)11-8/h1-5H. The molecule has 54 valence electrons. The van der Waals surface area contributed by atoms with Gasteiger partial charge in [0, 0.05) is 17.6 Å². The molecular weight excluding hydrogens is 142 g/mol. The van der Waals surface area contributed by atoms with Crippen LogP contribution in [-0.2, 0) is 0 Å². The van der Waals surface area contributed by atoms with Crippen molar-refractivity contribution in [3.63, 3.8) is 0 Å². The fourth-order valence-corrected chi connectivity index (χ4v) is 0.914. The highest BCUT2D eigenvalue weighted by Crippen LogP contribution is 2.07. The first kappa shape index (κ1) is 6.09. The largest absolute Gasteiger partial charge is 0.421 e. The minimum Gasteiger partial charge on any atom is -0.421 e. The Balaban J connectivity index is 2.94. The molecule has 0 aromatic carbocycles. The SMILES string of the molecule is O=c1ccc2ccncc2o1. The average Bonchev–Trinajstić information content (AvgIpc) is 2.04. The molecule has 3 heteroatoms. The maximum absolute atomic E-state index is 10.7. The first-order chi connectivity index (χ1) is 5.36. The fraction of sp³-hybridized carbons (Fsp3) is 0. The normalized spacial score (nSPS) is 10.2. The van der Waals surface area contributed by atoms with Gasteiger partial charge >= 0.3 is 5.63 Å². The zero-order valence-electron chi connectivity index (χ0n) is 5.65. The number of hydrogen-bond donors (Lipinski definition) is 0. The van der Waals surface area contributed by atoms with Gasteiger partial charge in [-0.1, -0.05) is 0 Å². The molecule has 11 heavy (non-hydrogen) atoms. The van der Waals surface area contributed by atoms with Gasteiger partial charge in [-0.3, -0.25) is 4.98 Å². The third-order valence-corrected chi connectivity index (χ3v) is 1.43. The highest BCUT2D eigenvalue weighted by atomic mass is 16.4. The predicted molar refractivity (Wildman–Crippen MR) is 40.3 cm³/mol. The molecule has 2 heterocycles. The monoisotopic (exact) mass is 147 g/mol. The summed E-state index contributed by atoms with van der Waals surface area (Å²) in [6.45, 7) is 0. The van der Waals surface area contributed by atoms with Gasteiger partial charge in [0.25, 0.3) is 0 Å². The Kier molecular flexibility index (Phi) is 1.22. The fourth-order valence-electron chi connectivity index (χ4n) is 0.914. The number of fused-ring (bicyclic) bond motifs is 1. The van der Waals surface area contributed by atoms with Gasteiger partial charge in [0.2, 0.25) is 0 Å². The maximum Gasteiger partial charge on any atom is 0.336 e. The number of pyridine rings is 1. The lowest BCUT2D eigenvalue weighted by atomic mass is 10.3. The van der Waals surface area contributed by atoms with Crippen molar-refractivity contribution >= 4 is 11.0 Å². The molecule has 0 radical (unpaired) electrons. The zero-order valence-corrected chi connectivity index (χ0v) is 5.65. The molecule has 0 atom stereocenters. The Morgan fingerprint density at radius 3 is 3.09 bits per heavy atom. The Morgan fingerprint density at radius 2 is 2.18 bits per heavy atom. The van der Waals surface area contributed by atoms with E-state index in [-0.39, 0.29) is 5.63 Å². The summed E-state index contributed by atoms with van der Waals surface area (Å²) < 4.78 is 4.84. The van der Waals surface area contributed by atoms with Crippen LogP contribution < -0.4 is 5.63 Å². The lowest BCUT2D eigenvalue weighted by molar-refractivity contribution is 0.559. The van der Waals surface area contributed by atoms with Crippen LogP contribution in [0.4, 0.5) is 0 Å². The number of aromatic nitrogens is 1. The van der Waals surface area contributed by atoms with Gasteiger partial charge in [0.05, 0.1) is 6.20 Å². The molecule has 0 aliphatic heterocycles. The summed E-state index contributed by atoms with van der Waals surface area (Å²) in [4.78, 5) is 14.5. The van der Waals surface area contributed by atoms with Gasteiger partial charge in [0.15, 0.2) is 5.58 Å². The van der Waals surface area contributed by atoms with Crippen molar-refractivity contribution in [3.8, 4) is 0 Å². The summed E-state index contributed by atoms with van der Waals surface area (Å²) in [5.74, 6) is 0. The van der Waals surface area contributed by atoms with E-state index in [1.54, 1.807) is 18.3 Å². The van der Waals surface area contributed by atoms with Crippen LogP contribution in [0.1, 0.15) is 0 Å². The van der Waals surface area contributed by atoms with E-state index in [9.17, 15) is 4.79 Å². The molecule has 0 N–H and O–H groups in total. The molecule has 2 rings (SSSR count). The molecule has 0 aliphatic carbocycles. The van der Waals surface area contributed by atoms with Gasteiger partial charge in [0.1, 0.15) is 0 Å². The summed E-state index contributed by atoms with van der Waals surface area (Å²) in [6.07, 6.45) is 3.18. The first-order valence-corrected chi connectivity index (χ1v) is 3.20. The summed E-state index contributed by atoms with van der Waals surface area (Å²) >= 11 is 0. The van der Waals surface area contributed by atoms with Crippen LogP contribution in [0.3, 0.4) is 0 Å². The Labute approximate surface area is 62.3 Å². The number of nitrogens with zero attached hydrogens (tertiary/aromatic N) is 1. The molecular formula is C8H5NO2. The smallest absolute Gasteiger partial charge is 0.336 e. The minimum absolute atomic E-state index is 0.342.